The van der Waals surface area contributed by atoms with Crippen molar-refractivity contribution in [3.8, 4) is 0 Å². The van der Waals surface area contributed by atoms with Gasteiger partial charge in [0.1, 0.15) is 0 Å². The Morgan fingerprint density at radius 2 is 1.80 bits per heavy atom. The minimum absolute atomic E-state index is 0.188. The Kier molecular flexibility index (Phi) is 6.76. The zero-order valence-corrected chi connectivity index (χ0v) is 10.5. The fourth-order valence-electron chi connectivity index (χ4n) is 1.18. The second kappa shape index (κ2) is 7.27. The van der Waals surface area contributed by atoms with E-state index in [0.29, 0.717) is 6.61 Å². The molecule has 0 aromatic carbocycles. The summed E-state index contributed by atoms with van der Waals surface area (Å²) >= 11 is 0. The lowest BCUT2D eigenvalue weighted by Crippen LogP contribution is -2.06. The summed E-state index contributed by atoms with van der Waals surface area (Å²) in [6, 6.07) is 0. The van der Waals surface area contributed by atoms with E-state index in [4.69, 9.17) is 4.74 Å². The highest BCUT2D eigenvalue weighted by Crippen LogP contribution is 2.12. The van der Waals surface area contributed by atoms with Crippen LogP contribution >= 0.6 is 0 Å². The van der Waals surface area contributed by atoms with E-state index < -0.39 is 0 Å². The van der Waals surface area contributed by atoms with Crippen molar-refractivity contribution in [2.24, 2.45) is 0 Å². The van der Waals surface area contributed by atoms with Gasteiger partial charge in [0.05, 0.1) is 6.61 Å². The van der Waals surface area contributed by atoms with Crippen LogP contribution in [0.15, 0.2) is 22.8 Å². The first-order valence-corrected chi connectivity index (χ1v) is 5.45. The zero-order valence-electron chi connectivity index (χ0n) is 10.5. The topological polar surface area (TPSA) is 26.3 Å². The highest BCUT2D eigenvalue weighted by atomic mass is 16.5. The fourth-order valence-corrected chi connectivity index (χ4v) is 1.18. The van der Waals surface area contributed by atoms with Crippen molar-refractivity contribution >= 4 is 5.97 Å². The lowest BCUT2D eigenvalue weighted by atomic mass is 10.1. The molecule has 0 saturated heterocycles. The summed E-state index contributed by atoms with van der Waals surface area (Å²) in [5.41, 5.74) is 3.18. The van der Waals surface area contributed by atoms with Crippen molar-refractivity contribution in [1.29, 1.82) is 0 Å². The van der Waals surface area contributed by atoms with Crippen LogP contribution in [0.5, 0.6) is 0 Å². The first kappa shape index (κ1) is 13.9. The largest absolute Gasteiger partial charge is 0.463 e. The third-order valence-corrected chi connectivity index (χ3v) is 2.29. The van der Waals surface area contributed by atoms with Crippen LogP contribution in [-0.4, -0.2) is 12.6 Å². The number of hydrogen-bond acceptors (Lipinski definition) is 2. The van der Waals surface area contributed by atoms with Crippen molar-refractivity contribution in [2.45, 2.75) is 47.5 Å². The van der Waals surface area contributed by atoms with Crippen molar-refractivity contribution in [3.05, 3.63) is 22.8 Å². The first-order chi connectivity index (χ1) is 6.99. The van der Waals surface area contributed by atoms with E-state index in [0.717, 1.165) is 24.0 Å². The number of rotatable bonds is 5. The minimum Gasteiger partial charge on any atom is -0.463 e. The molecule has 0 rings (SSSR count). The molecule has 0 amide bonds. The highest BCUT2D eigenvalue weighted by Gasteiger charge is 2.07. The SMILES string of the molecule is CCOC(=O)C(C)=C(C)CCC=C(C)C. The van der Waals surface area contributed by atoms with Gasteiger partial charge in [-0.25, -0.2) is 4.79 Å². The van der Waals surface area contributed by atoms with E-state index in [2.05, 4.69) is 19.9 Å². The molecule has 0 radical (unpaired) electrons. The van der Waals surface area contributed by atoms with Crippen LogP contribution < -0.4 is 0 Å². The summed E-state index contributed by atoms with van der Waals surface area (Å²) < 4.78 is 4.94. The smallest absolute Gasteiger partial charge is 0.333 e. The molecule has 0 saturated carbocycles. The summed E-state index contributed by atoms with van der Waals surface area (Å²) in [4.78, 5) is 11.4. The van der Waals surface area contributed by atoms with Gasteiger partial charge in [-0.15, -0.1) is 0 Å². The van der Waals surface area contributed by atoms with Gasteiger partial charge in [-0.05, 0) is 47.5 Å². The molecule has 0 aliphatic carbocycles. The van der Waals surface area contributed by atoms with Gasteiger partial charge in [0.2, 0.25) is 0 Å². The molecule has 15 heavy (non-hydrogen) atoms. The third-order valence-electron chi connectivity index (χ3n) is 2.29. The van der Waals surface area contributed by atoms with Gasteiger partial charge >= 0.3 is 5.97 Å². The van der Waals surface area contributed by atoms with Gasteiger partial charge in [-0.3, -0.25) is 0 Å². The van der Waals surface area contributed by atoms with E-state index >= 15 is 0 Å². The average molecular weight is 210 g/mol. The van der Waals surface area contributed by atoms with Crippen LogP contribution in [0.2, 0.25) is 0 Å². The van der Waals surface area contributed by atoms with Crippen molar-refractivity contribution in [2.75, 3.05) is 6.61 Å². The van der Waals surface area contributed by atoms with E-state index in [1.165, 1.54) is 5.57 Å². The highest BCUT2D eigenvalue weighted by molar-refractivity contribution is 5.88. The molecule has 0 aromatic rings. The molecule has 0 atom stereocenters. The number of hydrogen-bond donors (Lipinski definition) is 0. The fraction of sp³-hybridized carbons (Fsp3) is 0.615. The van der Waals surface area contributed by atoms with Crippen LogP contribution in [-0.2, 0) is 9.53 Å². The molecule has 0 bridgehead atoms. The Balaban J connectivity index is 4.26. The van der Waals surface area contributed by atoms with Crippen molar-refractivity contribution < 1.29 is 9.53 Å². The first-order valence-electron chi connectivity index (χ1n) is 5.45. The number of esters is 1. The van der Waals surface area contributed by atoms with Gasteiger partial charge in [0, 0.05) is 5.57 Å². The van der Waals surface area contributed by atoms with E-state index in [-0.39, 0.29) is 5.97 Å². The van der Waals surface area contributed by atoms with Crippen LogP contribution in [0.1, 0.15) is 47.5 Å². The number of allylic oxidation sites excluding steroid dienone is 3. The van der Waals surface area contributed by atoms with E-state index in [1.807, 2.05) is 20.8 Å². The Morgan fingerprint density at radius 3 is 2.27 bits per heavy atom. The van der Waals surface area contributed by atoms with Crippen molar-refractivity contribution in [1.82, 2.24) is 0 Å². The lowest BCUT2D eigenvalue weighted by molar-refractivity contribution is -0.138. The van der Waals surface area contributed by atoms with Crippen LogP contribution in [0.3, 0.4) is 0 Å². The summed E-state index contributed by atoms with van der Waals surface area (Å²) in [7, 11) is 0. The van der Waals surface area contributed by atoms with Crippen LogP contribution in [0.4, 0.5) is 0 Å². The van der Waals surface area contributed by atoms with Crippen LogP contribution in [0, 0.1) is 0 Å². The predicted molar refractivity (Wildman–Crippen MR) is 63.7 cm³/mol. The number of ether oxygens (including phenoxy) is 1. The standard InChI is InChI=1S/C13H22O2/c1-6-15-13(14)12(5)11(4)9-7-8-10(2)3/h8H,6-7,9H2,1-5H3. The molecular formula is C13H22O2. The van der Waals surface area contributed by atoms with E-state index in [1.54, 1.807) is 0 Å². The zero-order chi connectivity index (χ0) is 11.8. The predicted octanol–water partition coefficient (Wildman–Crippen LogP) is 3.63. The monoisotopic (exact) mass is 210 g/mol. The molecule has 0 spiro atoms. The average Bonchev–Trinajstić information content (AvgIpc) is 2.16. The van der Waals surface area contributed by atoms with E-state index in [9.17, 15) is 4.79 Å². The second-order valence-electron chi connectivity index (χ2n) is 3.95. The summed E-state index contributed by atoms with van der Waals surface area (Å²) in [6.45, 7) is 10.2. The Bertz CT molecular complexity index is 268. The van der Waals surface area contributed by atoms with Crippen LogP contribution in [0.25, 0.3) is 0 Å². The Hall–Kier alpha value is -1.05. The third kappa shape index (κ3) is 6.10. The normalized spacial score (nSPS) is 11.8. The Morgan fingerprint density at radius 1 is 1.20 bits per heavy atom. The number of carbonyl (C=O) groups excluding carboxylic acids is 1. The van der Waals surface area contributed by atoms with Gasteiger partial charge in [0.15, 0.2) is 0 Å². The second-order valence-corrected chi connectivity index (χ2v) is 3.95. The molecule has 0 aromatic heterocycles. The molecule has 2 nitrogen and oxygen atoms in total. The maximum absolute atomic E-state index is 11.4. The summed E-state index contributed by atoms with van der Waals surface area (Å²) in [5, 5.41) is 0. The van der Waals surface area contributed by atoms with Gasteiger partial charge < -0.3 is 4.74 Å². The van der Waals surface area contributed by atoms with Gasteiger partial charge in [-0.1, -0.05) is 17.2 Å². The lowest BCUT2D eigenvalue weighted by Gasteiger charge is -2.06. The maximum atomic E-state index is 11.4. The maximum Gasteiger partial charge on any atom is 0.333 e. The molecule has 0 N–H and O–H groups in total. The molecule has 2 heteroatoms. The molecule has 0 aliphatic rings. The number of carbonyl (C=O) groups is 1. The molecule has 0 heterocycles. The minimum atomic E-state index is -0.188. The Labute approximate surface area is 93.0 Å². The van der Waals surface area contributed by atoms with Crippen molar-refractivity contribution in [3.63, 3.8) is 0 Å². The summed E-state index contributed by atoms with van der Waals surface area (Å²) in [5.74, 6) is -0.188. The molecule has 0 unspecified atom stereocenters. The molecular weight excluding hydrogens is 188 g/mol. The molecule has 86 valence electrons. The molecule has 0 aliphatic heterocycles. The molecule has 0 fully saturated rings. The quantitative estimate of drug-likeness (QED) is 0.393. The van der Waals surface area contributed by atoms with Gasteiger partial charge in [0.25, 0.3) is 0 Å². The van der Waals surface area contributed by atoms with Gasteiger partial charge in [-0.2, -0.15) is 0 Å². The summed E-state index contributed by atoms with van der Waals surface area (Å²) in [6.07, 6.45) is 4.10.